The first-order chi connectivity index (χ1) is 19.4. The number of aromatic nitrogens is 2. The summed E-state index contributed by atoms with van der Waals surface area (Å²) in [6.07, 6.45) is 0.0363. The maximum Gasteiger partial charge on any atom is 0.423 e. The van der Waals surface area contributed by atoms with E-state index in [1.165, 1.54) is 0 Å². The monoisotopic (exact) mass is 575 g/mol. The molecule has 0 unspecified atom stereocenters. The fourth-order valence-corrected chi connectivity index (χ4v) is 4.85. The van der Waals surface area contributed by atoms with Crippen LogP contribution in [0.4, 0.5) is 9.93 Å². The summed E-state index contributed by atoms with van der Waals surface area (Å²) in [5, 5.41) is 9.42. The van der Waals surface area contributed by atoms with Crippen LogP contribution in [-0.4, -0.2) is 40.2 Å². The van der Waals surface area contributed by atoms with E-state index >= 15 is 0 Å². The standard InChI is InChI=1S/C29H29N5O4S2/c30-23(18-21-12-6-2-7-13-21)25(35)31-24(17-16-20-10-4-1-5-11-20)26(36)34(27-32-33-28(39)40-27)29(37)38-19-22-14-8-3-9-15-22/h1-15,23-24H,16-19,30H2,(H,31,35)(H,33,39)/t23-,24-/m0/s1. The molecular weight excluding hydrogens is 546 g/mol. The minimum absolute atomic E-state index is 0.0144. The molecule has 0 bridgehead atoms. The number of H-pyrrole nitrogens is 1. The van der Waals surface area contributed by atoms with E-state index in [1.54, 1.807) is 12.1 Å². The molecule has 0 aliphatic heterocycles. The summed E-state index contributed by atoms with van der Waals surface area (Å²) in [5.74, 6) is -1.21. The highest BCUT2D eigenvalue weighted by Crippen LogP contribution is 2.21. The van der Waals surface area contributed by atoms with Crippen LogP contribution in [0.5, 0.6) is 0 Å². The van der Waals surface area contributed by atoms with Gasteiger partial charge in [0.15, 0.2) is 3.95 Å². The second-order valence-corrected chi connectivity index (χ2v) is 10.6. The van der Waals surface area contributed by atoms with Gasteiger partial charge in [-0.3, -0.25) is 14.7 Å². The first-order valence-corrected chi connectivity index (χ1v) is 13.9. The molecule has 4 rings (SSSR count). The Balaban J connectivity index is 1.56. The van der Waals surface area contributed by atoms with Gasteiger partial charge in [0.05, 0.1) is 6.04 Å². The molecule has 206 valence electrons. The van der Waals surface area contributed by atoms with Crippen LogP contribution in [0.1, 0.15) is 23.1 Å². The van der Waals surface area contributed by atoms with Crippen LogP contribution < -0.4 is 16.0 Å². The Morgan fingerprint density at radius 3 is 2.08 bits per heavy atom. The number of imide groups is 1. The molecule has 0 spiro atoms. The highest BCUT2D eigenvalue weighted by atomic mass is 32.1. The summed E-state index contributed by atoms with van der Waals surface area (Å²) in [7, 11) is 0. The molecule has 1 heterocycles. The van der Waals surface area contributed by atoms with Gasteiger partial charge in [0.25, 0.3) is 5.91 Å². The third kappa shape index (κ3) is 8.15. The Hall–Kier alpha value is -4.19. The number of amides is 3. The van der Waals surface area contributed by atoms with E-state index in [0.29, 0.717) is 6.42 Å². The van der Waals surface area contributed by atoms with Crippen molar-refractivity contribution in [2.24, 2.45) is 5.73 Å². The average Bonchev–Trinajstić information content (AvgIpc) is 3.41. The molecule has 0 saturated heterocycles. The van der Waals surface area contributed by atoms with Crippen LogP contribution >= 0.6 is 23.6 Å². The van der Waals surface area contributed by atoms with Crippen LogP contribution in [0.3, 0.4) is 0 Å². The first kappa shape index (κ1) is 28.8. The van der Waals surface area contributed by atoms with Crippen molar-refractivity contribution < 1.29 is 19.1 Å². The molecule has 11 heteroatoms. The number of carbonyl (C=O) groups excluding carboxylic acids is 3. The van der Waals surface area contributed by atoms with Crippen molar-refractivity contribution >= 4 is 46.6 Å². The van der Waals surface area contributed by atoms with Gasteiger partial charge in [-0.2, -0.15) is 4.90 Å². The molecule has 0 aliphatic carbocycles. The van der Waals surface area contributed by atoms with Crippen LogP contribution in [0.25, 0.3) is 0 Å². The highest BCUT2D eigenvalue weighted by Gasteiger charge is 2.35. The van der Waals surface area contributed by atoms with Crippen molar-refractivity contribution in [3.63, 3.8) is 0 Å². The molecule has 3 amide bonds. The van der Waals surface area contributed by atoms with Crippen LogP contribution in [-0.2, 0) is 33.8 Å². The van der Waals surface area contributed by atoms with Crippen molar-refractivity contribution in [1.29, 1.82) is 0 Å². The largest absolute Gasteiger partial charge is 0.444 e. The number of anilines is 1. The number of hydrogen-bond acceptors (Lipinski definition) is 8. The third-order valence-electron chi connectivity index (χ3n) is 6.04. The summed E-state index contributed by atoms with van der Waals surface area (Å²) in [6, 6.07) is 26.0. The zero-order chi connectivity index (χ0) is 28.3. The number of hydrogen-bond donors (Lipinski definition) is 3. The van der Waals surface area contributed by atoms with E-state index in [4.69, 9.17) is 22.7 Å². The SMILES string of the molecule is N[C@@H](Cc1ccccc1)C(=O)N[C@@H](CCc1ccccc1)C(=O)N(C(=O)OCc1ccccc1)c1n[nH]c(=S)s1. The van der Waals surface area contributed by atoms with Crippen molar-refractivity contribution in [1.82, 2.24) is 15.5 Å². The van der Waals surface area contributed by atoms with E-state index in [0.717, 1.165) is 32.9 Å². The molecule has 4 aromatic rings. The third-order valence-corrected chi connectivity index (χ3v) is 7.11. The number of ether oxygens (including phenoxy) is 1. The topological polar surface area (TPSA) is 130 Å². The fourth-order valence-electron chi connectivity index (χ4n) is 3.97. The molecule has 0 aliphatic rings. The van der Waals surface area contributed by atoms with Gasteiger partial charge in [0, 0.05) is 0 Å². The van der Waals surface area contributed by atoms with Gasteiger partial charge in [-0.05, 0) is 48.2 Å². The number of aryl methyl sites for hydroxylation is 1. The Morgan fingerprint density at radius 1 is 0.925 bits per heavy atom. The molecule has 3 aromatic carbocycles. The lowest BCUT2D eigenvalue weighted by atomic mass is 10.0. The predicted molar refractivity (Wildman–Crippen MR) is 156 cm³/mol. The molecule has 0 saturated carbocycles. The number of nitrogens with zero attached hydrogens (tertiary/aromatic N) is 2. The van der Waals surface area contributed by atoms with Gasteiger partial charge in [-0.1, -0.05) is 102 Å². The molecule has 2 atom stereocenters. The summed E-state index contributed by atoms with van der Waals surface area (Å²) < 4.78 is 5.74. The van der Waals surface area contributed by atoms with Crippen LogP contribution in [0, 0.1) is 3.95 Å². The predicted octanol–water partition coefficient (Wildman–Crippen LogP) is 4.56. The van der Waals surface area contributed by atoms with Gasteiger partial charge in [-0.25, -0.2) is 4.79 Å². The van der Waals surface area contributed by atoms with Crippen molar-refractivity contribution in [3.8, 4) is 0 Å². The van der Waals surface area contributed by atoms with Gasteiger partial charge in [0.2, 0.25) is 11.0 Å². The smallest absolute Gasteiger partial charge is 0.423 e. The number of benzene rings is 3. The summed E-state index contributed by atoms with van der Waals surface area (Å²) in [4.78, 5) is 41.2. The summed E-state index contributed by atoms with van der Waals surface area (Å²) in [6.45, 7) is -0.0533. The molecule has 0 radical (unpaired) electrons. The maximum atomic E-state index is 13.9. The number of nitrogens with one attached hydrogen (secondary N) is 2. The Morgan fingerprint density at radius 2 is 1.50 bits per heavy atom. The van der Waals surface area contributed by atoms with E-state index in [-0.39, 0.29) is 28.5 Å². The van der Waals surface area contributed by atoms with E-state index in [2.05, 4.69) is 15.5 Å². The normalized spacial score (nSPS) is 12.2. The maximum absolute atomic E-state index is 13.9. The zero-order valence-corrected chi connectivity index (χ0v) is 23.2. The first-order valence-electron chi connectivity index (χ1n) is 12.6. The van der Waals surface area contributed by atoms with E-state index in [1.807, 2.05) is 78.9 Å². The summed E-state index contributed by atoms with van der Waals surface area (Å²) in [5.41, 5.74) is 8.82. The second-order valence-electron chi connectivity index (χ2n) is 8.99. The highest BCUT2D eigenvalue weighted by molar-refractivity contribution is 7.73. The van der Waals surface area contributed by atoms with Crippen molar-refractivity contribution in [3.05, 3.63) is 112 Å². The van der Waals surface area contributed by atoms with Crippen LogP contribution in [0.2, 0.25) is 0 Å². The second kappa shape index (κ2) is 14.3. The molecule has 40 heavy (non-hydrogen) atoms. The average molecular weight is 576 g/mol. The molecular formula is C29H29N5O4S2. The Kier molecular flexibility index (Phi) is 10.3. The van der Waals surface area contributed by atoms with Crippen molar-refractivity contribution in [2.45, 2.75) is 38.0 Å². The molecule has 1 aromatic heterocycles. The Labute approximate surface area is 241 Å². The van der Waals surface area contributed by atoms with E-state index < -0.39 is 30.0 Å². The number of carbonyl (C=O) groups is 3. The Bertz CT molecular complexity index is 1460. The lowest BCUT2D eigenvalue weighted by Crippen LogP contribution is -2.54. The lowest BCUT2D eigenvalue weighted by molar-refractivity contribution is -0.128. The van der Waals surface area contributed by atoms with Gasteiger partial charge >= 0.3 is 6.09 Å². The minimum atomic E-state index is -1.09. The number of rotatable bonds is 11. The number of nitrogens with two attached hydrogens (primary N) is 1. The number of aromatic amines is 1. The van der Waals surface area contributed by atoms with Crippen molar-refractivity contribution in [2.75, 3.05) is 4.90 Å². The summed E-state index contributed by atoms with van der Waals surface area (Å²) >= 11 is 6.09. The molecule has 9 nitrogen and oxygen atoms in total. The lowest BCUT2D eigenvalue weighted by Gasteiger charge is -2.25. The van der Waals surface area contributed by atoms with Gasteiger partial charge in [-0.15, -0.1) is 5.10 Å². The zero-order valence-electron chi connectivity index (χ0n) is 21.6. The fraction of sp³-hybridized carbons (Fsp3) is 0.207. The quantitative estimate of drug-likeness (QED) is 0.224. The minimum Gasteiger partial charge on any atom is -0.444 e. The van der Waals surface area contributed by atoms with Crippen LogP contribution in [0.15, 0.2) is 91.0 Å². The molecule has 0 fully saturated rings. The van der Waals surface area contributed by atoms with E-state index in [9.17, 15) is 14.4 Å². The molecule has 4 N–H and O–H groups in total. The van der Waals surface area contributed by atoms with Gasteiger partial charge in [0.1, 0.15) is 12.6 Å². The van der Waals surface area contributed by atoms with Gasteiger partial charge < -0.3 is 15.8 Å².